The second-order valence-corrected chi connectivity index (χ2v) is 7.03. The number of rotatable bonds is 5. The highest BCUT2D eigenvalue weighted by Gasteiger charge is 2.19. The van der Waals surface area contributed by atoms with E-state index >= 15 is 0 Å². The molecule has 0 unspecified atom stereocenters. The molecule has 1 aliphatic heterocycles. The average molecular weight is 343 g/mol. The van der Waals surface area contributed by atoms with E-state index in [-0.39, 0.29) is 5.56 Å². The largest absolute Gasteiger partial charge is 0.299 e. The van der Waals surface area contributed by atoms with Crippen LogP contribution in [0.2, 0.25) is 0 Å². The Morgan fingerprint density at radius 1 is 1.08 bits per heavy atom. The van der Waals surface area contributed by atoms with Gasteiger partial charge in [0.25, 0.3) is 5.56 Å². The third-order valence-corrected chi connectivity index (χ3v) is 5.15. The molecular weight excluding hydrogens is 318 g/mol. The predicted molar refractivity (Wildman–Crippen MR) is 93.2 cm³/mol. The van der Waals surface area contributed by atoms with Crippen LogP contribution in [0.1, 0.15) is 23.4 Å². The normalized spacial score (nSPS) is 18.6. The molecule has 8 heteroatoms. The Bertz CT molecular complexity index is 789. The lowest BCUT2D eigenvalue weighted by Crippen LogP contribution is -2.47. The van der Waals surface area contributed by atoms with Crippen molar-refractivity contribution in [2.45, 2.75) is 32.4 Å². The minimum absolute atomic E-state index is 0.0435. The molecule has 0 amide bonds. The summed E-state index contributed by atoms with van der Waals surface area (Å²) in [6, 6.07) is 1.79. The first kappa shape index (κ1) is 16.4. The highest BCUT2D eigenvalue weighted by atomic mass is 16.1. The summed E-state index contributed by atoms with van der Waals surface area (Å²) in [5, 5.41) is 12.7. The van der Waals surface area contributed by atoms with E-state index in [9.17, 15) is 4.79 Å². The van der Waals surface area contributed by atoms with Gasteiger partial charge in [-0.15, -0.1) is 5.10 Å². The number of nitrogens with zero attached hydrogens (tertiary/aromatic N) is 7. The van der Waals surface area contributed by atoms with Crippen molar-refractivity contribution in [3.05, 3.63) is 39.6 Å². The molecule has 0 bridgehead atoms. The molecule has 0 atom stereocenters. The second-order valence-electron chi connectivity index (χ2n) is 7.03. The van der Waals surface area contributed by atoms with Crippen molar-refractivity contribution in [3.8, 4) is 0 Å². The minimum Gasteiger partial charge on any atom is -0.299 e. The summed E-state index contributed by atoms with van der Waals surface area (Å²) in [6.45, 7) is 6.47. The first-order chi connectivity index (χ1) is 12.2. The molecule has 0 saturated carbocycles. The van der Waals surface area contributed by atoms with Gasteiger partial charge >= 0.3 is 0 Å². The van der Waals surface area contributed by atoms with Gasteiger partial charge in [0.15, 0.2) is 0 Å². The van der Waals surface area contributed by atoms with E-state index in [4.69, 9.17) is 0 Å². The zero-order valence-corrected chi connectivity index (χ0v) is 14.8. The standard InChI is InChI=1S/C17H25N7O/c1-21-12-15(18-20-21)13-23-7-5-22(6-8-23)9-10-24-17(25)11-14-3-2-4-16(14)19-24/h11-12H,2-10,13H2,1H3. The average Bonchev–Trinajstić information content (AvgIpc) is 3.22. The monoisotopic (exact) mass is 343 g/mol. The number of piperazine rings is 1. The van der Waals surface area contributed by atoms with Gasteiger partial charge in [0.1, 0.15) is 0 Å². The van der Waals surface area contributed by atoms with Crippen LogP contribution in [-0.4, -0.2) is 67.3 Å². The van der Waals surface area contributed by atoms with Crippen LogP contribution in [0.15, 0.2) is 17.1 Å². The summed E-state index contributed by atoms with van der Waals surface area (Å²) < 4.78 is 3.39. The minimum atomic E-state index is 0.0435. The maximum atomic E-state index is 12.2. The quantitative estimate of drug-likeness (QED) is 0.741. The van der Waals surface area contributed by atoms with Crippen molar-refractivity contribution in [1.29, 1.82) is 0 Å². The molecule has 0 aromatic carbocycles. The lowest BCUT2D eigenvalue weighted by atomic mass is 10.2. The van der Waals surface area contributed by atoms with E-state index in [2.05, 4.69) is 25.2 Å². The molecule has 0 spiro atoms. The highest BCUT2D eigenvalue weighted by Crippen LogP contribution is 2.16. The zero-order valence-electron chi connectivity index (χ0n) is 14.8. The number of aromatic nitrogens is 5. The van der Waals surface area contributed by atoms with Gasteiger partial charge in [-0.25, -0.2) is 4.68 Å². The molecule has 4 rings (SSSR count). The van der Waals surface area contributed by atoms with Gasteiger partial charge in [-0.2, -0.15) is 5.10 Å². The van der Waals surface area contributed by atoms with Crippen molar-refractivity contribution in [1.82, 2.24) is 34.6 Å². The summed E-state index contributed by atoms with van der Waals surface area (Å²) >= 11 is 0. The summed E-state index contributed by atoms with van der Waals surface area (Å²) in [5.41, 5.74) is 3.33. The van der Waals surface area contributed by atoms with Crippen molar-refractivity contribution < 1.29 is 0 Å². The Labute approximate surface area is 147 Å². The molecule has 0 radical (unpaired) electrons. The van der Waals surface area contributed by atoms with Crippen molar-refractivity contribution in [3.63, 3.8) is 0 Å². The van der Waals surface area contributed by atoms with Crippen LogP contribution in [0, 0.1) is 0 Å². The predicted octanol–water partition coefficient (Wildman–Crippen LogP) is -0.322. The van der Waals surface area contributed by atoms with Gasteiger partial charge in [-0.3, -0.25) is 19.3 Å². The Morgan fingerprint density at radius 3 is 2.64 bits per heavy atom. The summed E-state index contributed by atoms with van der Waals surface area (Å²) in [5.74, 6) is 0. The third-order valence-electron chi connectivity index (χ3n) is 5.15. The van der Waals surface area contributed by atoms with E-state index in [0.29, 0.717) is 6.54 Å². The smallest absolute Gasteiger partial charge is 0.267 e. The molecule has 134 valence electrons. The third kappa shape index (κ3) is 3.80. The SMILES string of the molecule is Cn1cc(CN2CCN(CCn3nc4c(cc3=O)CCC4)CC2)nn1. The van der Waals surface area contributed by atoms with Crippen LogP contribution in [0.5, 0.6) is 0 Å². The van der Waals surface area contributed by atoms with E-state index < -0.39 is 0 Å². The number of fused-ring (bicyclic) bond motifs is 1. The first-order valence-corrected chi connectivity index (χ1v) is 9.07. The Balaban J connectivity index is 1.27. The first-order valence-electron chi connectivity index (χ1n) is 9.07. The number of hydrogen-bond acceptors (Lipinski definition) is 6. The van der Waals surface area contributed by atoms with Gasteiger partial charge in [-0.05, 0) is 24.8 Å². The molecule has 1 aliphatic carbocycles. The molecular formula is C17H25N7O. The highest BCUT2D eigenvalue weighted by molar-refractivity contribution is 5.22. The van der Waals surface area contributed by atoms with Crippen LogP contribution in [-0.2, 0) is 33.0 Å². The van der Waals surface area contributed by atoms with Crippen LogP contribution < -0.4 is 5.56 Å². The molecule has 3 heterocycles. The maximum absolute atomic E-state index is 12.2. The summed E-state index contributed by atoms with van der Waals surface area (Å²) in [7, 11) is 1.89. The van der Waals surface area contributed by atoms with Crippen molar-refractivity contribution in [2.24, 2.45) is 7.05 Å². The molecule has 1 fully saturated rings. The fraction of sp³-hybridized carbons (Fsp3) is 0.647. The van der Waals surface area contributed by atoms with Crippen LogP contribution in [0.4, 0.5) is 0 Å². The second kappa shape index (κ2) is 7.05. The van der Waals surface area contributed by atoms with Gasteiger partial charge in [0.05, 0.1) is 17.9 Å². The van der Waals surface area contributed by atoms with Gasteiger partial charge in [-0.1, -0.05) is 5.21 Å². The van der Waals surface area contributed by atoms with Crippen molar-refractivity contribution in [2.75, 3.05) is 32.7 Å². The van der Waals surface area contributed by atoms with Crippen molar-refractivity contribution >= 4 is 0 Å². The van der Waals surface area contributed by atoms with Gasteiger partial charge < -0.3 is 0 Å². The fourth-order valence-corrected chi connectivity index (χ4v) is 3.70. The topological polar surface area (TPSA) is 72.1 Å². The van der Waals surface area contributed by atoms with Crippen LogP contribution in [0.3, 0.4) is 0 Å². The molecule has 2 aromatic rings. The molecule has 2 aromatic heterocycles. The maximum Gasteiger partial charge on any atom is 0.267 e. The van der Waals surface area contributed by atoms with Crippen LogP contribution >= 0.6 is 0 Å². The van der Waals surface area contributed by atoms with E-state index in [1.807, 2.05) is 13.2 Å². The number of aryl methyl sites for hydroxylation is 3. The Hall–Kier alpha value is -2.06. The fourth-order valence-electron chi connectivity index (χ4n) is 3.70. The summed E-state index contributed by atoms with van der Waals surface area (Å²) in [4.78, 5) is 17.0. The van der Waals surface area contributed by atoms with Crippen LogP contribution in [0.25, 0.3) is 0 Å². The number of hydrogen-bond donors (Lipinski definition) is 0. The lowest BCUT2D eigenvalue weighted by molar-refractivity contribution is 0.121. The van der Waals surface area contributed by atoms with E-state index in [1.165, 1.54) is 0 Å². The van der Waals surface area contributed by atoms with Gasteiger partial charge in [0.2, 0.25) is 0 Å². The lowest BCUT2D eigenvalue weighted by Gasteiger charge is -2.34. The Kier molecular flexibility index (Phi) is 4.63. The molecule has 1 saturated heterocycles. The molecule has 0 N–H and O–H groups in total. The molecule has 8 nitrogen and oxygen atoms in total. The van der Waals surface area contributed by atoms with Gasteiger partial charge in [0, 0.05) is 58.6 Å². The molecule has 2 aliphatic rings. The van der Waals surface area contributed by atoms with E-state index in [0.717, 1.165) is 75.5 Å². The summed E-state index contributed by atoms with van der Waals surface area (Å²) in [6.07, 6.45) is 5.11. The molecule has 25 heavy (non-hydrogen) atoms. The van der Waals surface area contributed by atoms with E-state index in [1.54, 1.807) is 15.4 Å². The zero-order chi connectivity index (χ0) is 17.2. The Morgan fingerprint density at radius 2 is 1.88 bits per heavy atom.